The number of aliphatic imine (C=N–C) groups is 1. The molecule has 1 fully saturated rings. The molecule has 2 rings (SSSR count). The first-order valence-corrected chi connectivity index (χ1v) is 5.78. The van der Waals surface area contributed by atoms with Crippen LogP contribution in [0.1, 0.15) is 5.56 Å². The molecule has 0 radical (unpaired) electrons. The summed E-state index contributed by atoms with van der Waals surface area (Å²) in [6.45, 7) is 0.413. The van der Waals surface area contributed by atoms with E-state index in [1.807, 2.05) is 0 Å². The van der Waals surface area contributed by atoms with Gasteiger partial charge in [-0.1, -0.05) is 12.1 Å². The van der Waals surface area contributed by atoms with Crippen LogP contribution in [0.4, 0.5) is 5.69 Å². The molecule has 2 amide bonds. The van der Waals surface area contributed by atoms with Gasteiger partial charge < -0.3 is 9.80 Å². The maximum absolute atomic E-state index is 11.9. The Morgan fingerprint density at radius 2 is 1.84 bits per heavy atom. The number of carbonyl (C=O) groups excluding carboxylic acids is 3. The lowest BCUT2D eigenvalue weighted by molar-refractivity contribution is -0.136. The van der Waals surface area contributed by atoms with Crippen LogP contribution in [-0.4, -0.2) is 42.9 Å². The van der Waals surface area contributed by atoms with Gasteiger partial charge in [0.25, 0.3) is 0 Å². The molecule has 0 bridgehead atoms. The van der Waals surface area contributed by atoms with Crippen molar-refractivity contribution in [3.05, 3.63) is 29.8 Å². The number of carbonyl (C=O) groups is 2. The molecule has 0 spiro atoms. The van der Waals surface area contributed by atoms with E-state index in [0.717, 1.165) is 5.56 Å². The van der Waals surface area contributed by atoms with E-state index in [-0.39, 0.29) is 31.4 Å². The van der Waals surface area contributed by atoms with Gasteiger partial charge >= 0.3 is 0 Å². The second-order valence-electron chi connectivity index (χ2n) is 4.30. The Hall–Kier alpha value is -2.46. The molecule has 0 aromatic heterocycles. The Kier molecular flexibility index (Phi) is 3.73. The fourth-order valence-corrected chi connectivity index (χ4v) is 1.86. The van der Waals surface area contributed by atoms with Gasteiger partial charge in [-0.3, -0.25) is 9.59 Å². The third kappa shape index (κ3) is 2.86. The molecular formula is C13H13N3O3. The fraction of sp³-hybridized carbons (Fsp3) is 0.308. The number of hydrogen-bond acceptors (Lipinski definition) is 4. The van der Waals surface area contributed by atoms with Gasteiger partial charge in [-0.05, 0) is 17.7 Å². The average Bonchev–Trinajstić information content (AvgIpc) is 2.41. The number of likely N-dealkylation sites (N-methyl/N-ethyl adjacent to an activating group) is 1. The van der Waals surface area contributed by atoms with Crippen molar-refractivity contribution in [2.45, 2.75) is 6.54 Å². The lowest BCUT2D eigenvalue weighted by atomic mass is 10.1. The smallest absolute Gasteiger partial charge is 0.247 e. The van der Waals surface area contributed by atoms with Crippen molar-refractivity contribution in [2.75, 3.05) is 25.0 Å². The molecule has 1 aliphatic rings. The highest BCUT2D eigenvalue weighted by Crippen LogP contribution is 2.18. The topological polar surface area (TPSA) is 70.1 Å². The number of piperazine rings is 1. The van der Waals surface area contributed by atoms with E-state index in [2.05, 4.69) is 4.99 Å². The number of nitrogens with zero attached hydrogens (tertiary/aromatic N) is 3. The summed E-state index contributed by atoms with van der Waals surface area (Å²) in [6.07, 6.45) is 1.47. The van der Waals surface area contributed by atoms with E-state index in [0.29, 0.717) is 5.69 Å². The first kappa shape index (κ1) is 13.0. The molecule has 0 aliphatic carbocycles. The van der Waals surface area contributed by atoms with Crippen LogP contribution in [-0.2, 0) is 20.9 Å². The Morgan fingerprint density at radius 1 is 1.16 bits per heavy atom. The van der Waals surface area contributed by atoms with Gasteiger partial charge in [-0.2, -0.15) is 0 Å². The van der Waals surface area contributed by atoms with Crippen LogP contribution in [0.15, 0.2) is 29.3 Å². The monoisotopic (exact) mass is 259 g/mol. The van der Waals surface area contributed by atoms with Gasteiger partial charge in [0, 0.05) is 12.7 Å². The van der Waals surface area contributed by atoms with Crippen LogP contribution in [0.5, 0.6) is 0 Å². The Bertz CT molecular complexity index is 547. The highest BCUT2D eigenvalue weighted by molar-refractivity contribution is 6.04. The van der Waals surface area contributed by atoms with Crippen LogP contribution < -0.4 is 4.90 Å². The molecule has 19 heavy (non-hydrogen) atoms. The summed E-state index contributed by atoms with van der Waals surface area (Å²) in [5.41, 5.74) is 1.52. The molecule has 1 aromatic rings. The average molecular weight is 259 g/mol. The van der Waals surface area contributed by atoms with Crippen molar-refractivity contribution >= 4 is 23.6 Å². The molecule has 1 aliphatic heterocycles. The maximum atomic E-state index is 11.9. The van der Waals surface area contributed by atoms with Crippen molar-refractivity contribution in [2.24, 2.45) is 4.99 Å². The fourth-order valence-electron chi connectivity index (χ4n) is 1.86. The summed E-state index contributed by atoms with van der Waals surface area (Å²) >= 11 is 0. The second-order valence-corrected chi connectivity index (χ2v) is 4.30. The first-order valence-electron chi connectivity index (χ1n) is 5.78. The molecule has 1 saturated heterocycles. The number of anilines is 1. The highest BCUT2D eigenvalue weighted by atomic mass is 16.2. The van der Waals surface area contributed by atoms with Crippen molar-refractivity contribution in [1.29, 1.82) is 0 Å². The van der Waals surface area contributed by atoms with E-state index in [4.69, 9.17) is 0 Å². The zero-order valence-corrected chi connectivity index (χ0v) is 10.5. The third-order valence-electron chi connectivity index (χ3n) is 2.97. The minimum absolute atomic E-state index is 0.0567. The predicted octanol–water partition coefficient (Wildman–Crippen LogP) is 0.327. The molecule has 98 valence electrons. The summed E-state index contributed by atoms with van der Waals surface area (Å²) in [5, 5.41) is 0. The van der Waals surface area contributed by atoms with Crippen LogP contribution >= 0.6 is 0 Å². The van der Waals surface area contributed by atoms with Crippen molar-refractivity contribution in [3.63, 3.8) is 0 Å². The molecule has 0 N–H and O–H groups in total. The zero-order chi connectivity index (χ0) is 13.8. The summed E-state index contributed by atoms with van der Waals surface area (Å²) in [6, 6.07) is 7.02. The summed E-state index contributed by atoms with van der Waals surface area (Å²) in [7, 11) is 1.61. The van der Waals surface area contributed by atoms with Crippen LogP contribution in [0, 0.1) is 0 Å². The van der Waals surface area contributed by atoms with Crippen molar-refractivity contribution < 1.29 is 14.4 Å². The third-order valence-corrected chi connectivity index (χ3v) is 2.97. The second kappa shape index (κ2) is 5.46. The summed E-state index contributed by atoms with van der Waals surface area (Å²) in [5.74, 6) is -0.199. The van der Waals surface area contributed by atoms with E-state index in [9.17, 15) is 14.4 Å². The molecule has 6 heteroatoms. The largest absolute Gasteiger partial charge is 0.335 e. The number of isocyanates is 1. The zero-order valence-electron chi connectivity index (χ0n) is 10.5. The quantitative estimate of drug-likeness (QED) is 0.580. The minimum Gasteiger partial charge on any atom is -0.335 e. The lowest BCUT2D eigenvalue weighted by Gasteiger charge is -2.31. The van der Waals surface area contributed by atoms with E-state index < -0.39 is 0 Å². The summed E-state index contributed by atoms with van der Waals surface area (Å²) < 4.78 is 0. The van der Waals surface area contributed by atoms with E-state index >= 15 is 0 Å². The number of hydrogen-bond donors (Lipinski definition) is 0. The Balaban J connectivity index is 2.15. The van der Waals surface area contributed by atoms with Crippen molar-refractivity contribution in [1.82, 2.24) is 4.90 Å². The van der Waals surface area contributed by atoms with Crippen LogP contribution in [0.2, 0.25) is 0 Å². The minimum atomic E-state index is -0.110. The molecule has 0 unspecified atom stereocenters. The Morgan fingerprint density at radius 3 is 2.47 bits per heavy atom. The predicted molar refractivity (Wildman–Crippen MR) is 68.3 cm³/mol. The van der Waals surface area contributed by atoms with E-state index in [1.54, 1.807) is 31.3 Å². The maximum Gasteiger partial charge on any atom is 0.247 e. The number of rotatable bonds is 3. The molecule has 6 nitrogen and oxygen atoms in total. The van der Waals surface area contributed by atoms with Crippen LogP contribution in [0.25, 0.3) is 0 Å². The molecule has 0 saturated carbocycles. The number of benzene rings is 1. The van der Waals surface area contributed by atoms with Gasteiger partial charge in [-0.25, -0.2) is 9.79 Å². The molecule has 1 heterocycles. The molecular weight excluding hydrogens is 246 g/mol. The highest BCUT2D eigenvalue weighted by Gasteiger charge is 2.28. The first-order chi connectivity index (χ1) is 9.11. The molecule has 1 aromatic carbocycles. The van der Waals surface area contributed by atoms with Gasteiger partial charge in [-0.15, -0.1) is 0 Å². The standard InChI is InChI=1S/C13H13N3O3/c1-15-7-13(19)16(8-12(15)18)11-4-2-10(3-5-11)6-14-9-17/h2-5H,6-8H2,1H3. The SMILES string of the molecule is CN1CC(=O)N(c2ccc(CN=C=O)cc2)CC1=O. The van der Waals surface area contributed by atoms with Crippen LogP contribution in [0.3, 0.4) is 0 Å². The van der Waals surface area contributed by atoms with Gasteiger partial charge in [0.1, 0.15) is 6.54 Å². The Labute approximate surface area is 110 Å². The summed E-state index contributed by atoms with van der Waals surface area (Å²) in [4.78, 5) is 39.8. The van der Waals surface area contributed by atoms with Crippen molar-refractivity contribution in [3.8, 4) is 0 Å². The van der Waals surface area contributed by atoms with Gasteiger partial charge in [0.2, 0.25) is 17.9 Å². The molecule has 0 atom stereocenters. The number of amides is 2. The van der Waals surface area contributed by atoms with E-state index in [1.165, 1.54) is 15.9 Å². The van der Waals surface area contributed by atoms with Gasteiger partial charge in [0.05, 0.1) is 13.1 Å². The lowest BCUT2D eigenvalue weighted by Crippen LogP contribution is -2.52. The van der Waals surface area contributed by atoms with Gasteiger partial charge in [0.15, 0.2) is 0 Å². The normalized spacial score (nSPS) is 15.4.